The van der Waals surface area contributed by atoms with Crippen LogP contribution in [-0.2, 0) is 11.2 Å². The number of carbonyl (C=O) groups is 1. The van der Waals surface area contributed by atoms with Gasteiger partial charge >= 0.3 is 0 Å². The van der Waals surface area contributed by atoms with E-state index in [1.165, 1.54) is 10.9 Å². The largest absolute Gasteiger partial charge is 0.361 e. The number of para-hydroxylation sites is 1. The van der Waals surface area contributed by atoms with E-state index >= 15 is 0 Å². The molecule has 0 bridgehead atoms. The highest BCUT2D eigenvalue weighted by atomic mass is 35.5. The standard InChI is InChI=1S/C19H19ClN2O/c1-13(14-6-9-16(20)10-7-14)22-19(23)11-8-15-12-21-18-5-3-2-4-17(15)18/h2-7,9-10,12-13,21H,8,11H2,1H3,(H,22,23)/t13-/m1/s1. The van der Waals surface area contributed by atoms with Crippen LogP contribution < -0.4 is 5.32 Å². The number of aromatic amines is 1. The summed E-state index contributed by atoms with van der Waals surface area (Å²) in [5.74, 6) is 0.0535. The molecule has 0 radical (unpaired) electrons. The number of H-pyrrole nitrogens is 1. The molecule has 0 aliphatic heterocycles. The molecule has 3 nitrogen and oxygen atoms in total. The van der Waals surface area contributed by atoms with E-state index in [9.17, 15) is 4.79 Å². The summed E-state index contributed by atoms with van der Waals surface area (Å²) >= 11 is 5.89. The van der Waals surface area contributed by atoms with Gasteiger partial charge in [-0.15, -0.1) is 0 Å². The van der Waals surface area contributed by atoms with Crippen LogP contribution in [0.3, 0.4) is 0 Å². The fraction of sp³-hybridized carbons (Fsp3) is 0.211. The second kappa shape index (κ2) is 6.88. The van der Waals surface area contributed by atoms with Crippen LogP contribution in [-0.4, -0.2) is 10.9 Å². The number of carbonyl (C=O) groups excluding carboxylic acids is 1. The van der Waals surface area contributed by atoms with E-state index in [-0.39, 0.29) is 11.9 Å². The van der Waals surface area contributed by atoms with Gasteiger partial charge in [0.2, 0.25) is 5.91 Å². The first-order valence-electron chi connectivity index (χ1n) is 7.73. The quantitative estimate of drug-likeness (QED) is 0.705. The van der Waals surface area contributed by atoms with Crippen LogP contribution in [0.4, 0.5) is 0 Å². The Morgan fingerprint density at radius 1 is 1.17 bits per heavy atom. The summed E-state index contributed by atoms with van der Waals surface area (Å²) in [6.07, 6.45) is 3.18. The van der Waals surface area contributed by atoms with Crippen molar-refractivity contribution in [1.82, 2.24) is 10.3 Å². The van der Waals surface area contributed by atoms with Gasteiger partial charge in [-0.3, -0.25) is 4.79 Å². The minimum absolute atomic E-state index is 0.0252. The van der Waals surface area contributed by atoms with Crippen molar-refractivity contribution in [2.75, 3.05) is 0 Å². The average Bonchev–Trinajstić information content (AvgIpc) is 2.97. The van der Waals surface area contributed by atoms with Crippen molar-refractivity contribution in [3.63, 3.8) is 0 Å². The number of fused-ring (bicyclic) bond motifs is 1. The van der Waals surface area contributed by atoms with Crippen LogP contribution in [0.1, 0.15) is 30.5 Å². The monoisotopic (exact) mass is 326 g/mol. The smallest absolute Gasteiger partial charge is 0.220 e. The molecule has 0 unspecified atom stereocenters. The summed E-state index contributed by atoms with van der Waals surface area (Å²) in [5, 5.41) is 4.92. The Bertz CT molecular complexity index is 808. The zero-order valence-electron chi connectivity index (χ0n) is 13.0. The third-order valence-corrected chi connectivity index (χ3v) is 4.30. The fourth-order valence-electron chi connectivity index (χ4n) is 2.74. The first-order valence-corrected chi connectivity index (χ1v) is 8.11. The molecular formula is C19H19ClN2O. The van der Waals surface area contributed by atoms with Crippen molar-refractivity contribution >= 4 is 28.4 Å². The van der Waals surface area contributed by atoms with E-state index in [0.717, 1.165) is 17.5 Å². The van der Waals surface area contributed by atoms with Crippen molar-refractivity contribution in [2.24, 2.45) is 0 Å². The molecule has 1 amide bonds. The highest BCUT2D eigenvalue weighted by Crippen LogP contribution is 2.20. The molecular weight excluding hydrogens is 308 g/mol. The molecule has 2 N–H and O–H groups in total. The number of halogens is 1. The molecule has 0 saturated heterocycles. The second-order valence-corrected chi connectivity index (χ2v) is 6.14. The van der Waals surface area contributed by atoms with Crippen molar-refractivity contribution < 1.29 is 4.79 Å². The first kappa shape index (κ1) is 15.6. The van der Waals surface area contributed by atoms with Gasteiger partial charge in [0, 0.05) is 28.5 Å². The van der Waals surface area contributed by atoms with E-state index < -0.39 is 0 Å². The molecule has 1 aromatic heterocycles. The van der Waals surface area contributed by atoms with Crippen LogP contribution in [0.15, 0.2) is 54.7 Å². The Morgan fingerprint density at radius 3 is 2.70 bits per heavy atom. The lowest BCUT2D eigenvalue weighted by Gasteiger charge is -2.14. The maximum absolute atomic E-state index is 12.2. The number of benzene rings is 2. The van der Waals surface area contributed by atoms with Crippen LogP contribution in [0.5, 0.6) is 0 Å². The molecule has 23 heavy (non-hydrogen) atoms. The first-order chi connectivity index (χ1) is 11.1. The molecule has 2 aromatic carbocycles. The molecule has 0 saturated carbocycles. The summed E-state index contributed by atoms with van der Waals surface area (Å²) in [6, 6.07) is 15.7. The number of rotatable bonds is 5. The Kier molecular flexibility index (Phi) is 4.68. The van der Waals surface area contributed by atoms with Crippen LogP contribution >= 0.6 is 11.6 Å². The number of amides is 1. The zero-order chi connectivity index (χ0) is 16.2. The van der Waals surface area contributed by atoms with Gasteiger partial charge in [-0.1, -0.05) is 41.9 Å². The molecule has 1 heterocycles. The second-order valence-electron chi connectivity index (χ2n) is 5.70. The SMILES string of the molecule is C[C@@H](NC(=O)CCc1c[nH]c2ccccc12)c1ccc(Cl)cc1. The van der Waals surface area contributed by atoms with Crippen molar-refractivity contribution in [2.45, 2.75) is 25.8 Å². The van der Waals surface area contributed by atoms with Crippen LogP contribution in [0, 0.1) is 0 Å². The summed E-state index contributed by atoms with van der Waals surface area (Å²) in [5.41, 5.74) is 3.34. The molecule has 3 rings (SSSR count). The van der Waals surface area contributed by atoms with Gasteiger partial charge in [0.1, 0.15) is 0 Å². The van der Waals surface area contributed by atoms with E-state index in [4.69, 9.17) is 11.6 Å². The lowest BCUT2D eigenvalue weighted by Crippen LogP contribution is -2.26. The summed E-state index contributed by atoms with van der Waals surface area (Å²) in [6.45, 7) is 1.98. The summed E-state index contributed by atoms with van der Waals surface area (Å²) in [7, 11) is 0. The maximum Gasteiger partial charge on any atom is 0.220 e. The number of hydrogen-bond donors (Lipinski definition) is 2. The van der Waals surface area contributed by atoms with Crippen LogP contribution in [0.25, 0.3) is 10.9 Å². The molecule has 0 aliphatic carbocycles. The number of hydrogen-bond acceptors (Lipinski definition) is 1. The third-order valence-electron chi connectivity index (χ3n) is 4.04. The van der Waals surface area contributed by atoms with Crippen molar-refractivity contribution in [3.05, 3.63) is 70.9 Å². The lowest BCUT2D eigenvalue weighted by molar-refractivity contribution is -0.121. The van der Waals surface area contributed by atoms with Crippen molar-refractivity contribution in [1.29, 1.82) is 0 Å². The Hall–Kier alpha value is -2.26. The highest BCUT2D eigenvalue weighted by Gasteiger charge is 2.11. The average molecular weight is 327 g/mol. The molecule has 118 valence electrons. The highest BCUT2D eigenvalue weighted by molar-refractivity contribution is 6.30. The van der Waals surface area contributed by atoms with Gasteiger partial charge in [0.05, 0.1) is 6.04 Å². The van der Waals surface area contributed by atoms with E-state index in [1.807, 2.05) is 55.6 Å². The molecule has 3 aromatic rings. The predicted octanol–water partition coefficient (Wildman–Crippen LogP) is 4.63. The normalized spacial score (nSPS) is 12.3. The maximum atomic E-state index is 12.2. The number of aromatic nitrogens is 1. The topological polar surface area (TPSA) is 44.9 Å². The molecule has 0 fully saturated rings. The lowest BCUT2D eigenvalue weighted by atomic mass is 10.1. The summed E-state index contributed by atoms with van der Waals surface area (Å²) < 4.78 is 0. The Morgan fingerprint density at radius 2 is 1.91 bits per heavy atom. The molecule has 0 spiro atoms. The van der Waals surface area contributed by atoms with Gasteiger partial charge in [0.15, 0.2) is 0 Å². The molecule has 4 heteroatoms. The van der Waals surface area contributed by atoms with E-state index in [1.54, 1.807) is 0 Å². The van der Waals surface area contributed by atoms with Crippen molar-refractivity contribution in [3.8, 4) is 0 Å². The molecule has 0 aliphatic rings. The fourth-order valence-corrected chi connectivity index (χ4v) is 2.86. The minimum Gasteiger partial charge on any atom is -0.361 e. The van der Waals surface area contributed by atoms with Gasteiger partial charge in [-0.25, -0.2) is 0 Å². The van der Waals surface area contributed by atoms with Crippen LogP contribution in [0.2, 0.25) is 5.02 Å². The Balaban J connectivity index is 1.58. The van der Waals surface area contributed by atoms with E-state index in [2.05, 4.69) is 16.4 Å². The number of aryl methyl sites for hydroxylation is 1. The predicted molar refractivity (Wildman–Crippen MR) is 94.6 cm³/mol. The molecule has 1 atom stereocenters. The van der Waals surface area contributed by atoms with Gasteiger partial charge in [-0.05, 0) is 42.7 Å². The van der Waals surface area contributed by atoms with Gasteiger partial charge in [-0.2, -0.15) is 0 Å². The zero-order valence-corrected chi connectivity index (χ0v) is 13.7. The van der Waals surface area contributed by atoms with Gasteiger partial charge < -0.3 is 10.3 Å². The number of nitrogens with one attached hydrogen (secondary N) is 2. The third kappa shape index (κ3) is 3.74. The Labute approximate surface area is 140 Å². The summed E-state index contributed by atoms with van der Waals surface area (Å²) in [4.78, 5) is 15.4. The van der Waals surface area contributed by atoms with E-state index in [0.29, 0.717) is 11.4 Å². The minimum atomic E-state index is -0.0252. The van der Waals surface area contributed by atoms with Gasteiger partial charge in [0.25, 0.3) is 0 Å².